The van der Waals surface area contributed by atoms with Crippen LogP contribution in [0.5, 0.6) is 0 Å². The van der Waals surface area contributed by atoms with Crippen LogP contribution in [0.15, 0.2) is 0 Å². The largest absolute Gasteiger partial charge is 0.391 e. The zero-order chi connectivity index (χ0) is 23.1. The highest BCUT2D eigenvalue weighted by Gasteiger charge is 2.30. The number of hydrogen-bond acceptors (Lipinski definition) is 7. The first kappa shape index (κ1) is 28.5. The molecule has 0 fully saturated rings. The second kappa shape index (κ2) is 16.2. The zero-order valence-corrected chi connectivity index (χ0v) is 19.1. The first-order valence-corrected chi connectivity index (χ1v) is 11.1. The molecule has 0 aromatic carbocycles. The standard InChI is InChI=1S/C21H43N5O4/c1-5-14(2)9-7-6-8-12-24-17(10-11-22)20(29)26-19(16(4)28)21(30)25-18(13-23)15(3)27/h14,16-19,24,28H,5-13,22-23H2,1-4H3,(H,25,30)(H,26,29)/t14-,16-,17-,18-,19-/m0/s1. The van der Waals surface area contributed by atoms with Crippen molar-refractivity contribution in [2.75, 3.05) is 19.6 Å². The van der Waals surface area contributed by atoms with Crippen LogP contribution in [0.2, 0.25) is 0 Å². The fraction of sp³-hybridized carbons (Fsp3) is 0.857. The predicted octanol–water partition coefficient (Wildman–Crippen LogP) is -0.202. The molecule has 0 saturated heterocycles. The van der Waals surface area contributed by atoms with Gasteiger partial charge in [-0.1, -0.05) is 39.5 Å². The lowest BCUT2D eigenvalue weighted by molar-refractivity contribution is -0.134. The van der Waals surface area contributed by atoms with Gasteiger partial charge in [-0.2, -0.15) is 0 Å². The Balaban J connectivity index is 4.71. The van der Waals surface area contributed by atoms with Gasteiger partial charge in [0.15, 0.2) is 5.78 Å². The average Bonchev–Trinajstić information content (AvgIpc) is 2.70. The Hall–Kier alpha value is -1.55. The number of nitrogens with two attached hydrogens (primary N) is 2. The molecule has 0 unspecified atom stereocenters. The molecule has 5 atom stereocenters. The summed E-state index contributed by atoms with van der Waals surface area (Å²) in [5, 5.41) is 18.2. The lowest BCUT2D eigenvalue weighted by Gasteiger charge is -2.26. The molecule has 0 saturated carbocycles. The number of nitrogens with one attached hydrogen (secondary N) is 3. The lowest BCUT2D eigenvalue weighted by Crippen LogP contribution is -2.59. The van der Waals surface area contributed by atoms with Crippen LogP contribution >= 0.6 is 0 Å². The van der Waals surface area contributed by atoms with Gasteiger partial charge in [0.25, 0.3) is 0 Å². The molecule has 176 valence electrons. The van der Waals surface area contributed by atoms with E-state index >= 15 is 0 Å². The number of carbonyl (C=O) groups is 3. The quantitative estimate of drug-likeness (QED) is 0.175. The summed E-state index contributed by atoms with van der Waals surface area (Å²) < 4.78 is 0. The molecule has 0 aliphatic heterocycles. The van der Waals surface area contributed by atoms with Crippen molar-refractivity contribution in [3.63, 3.8) is 0 Å². The Labute approximate surface area is 181 Å². The zero-order valence-electron chi connectivity index (χ0n) is 19.1. The van der Waals surface area contributed by atoms with Crippen molar-refractivity contribution in [2.45, 2.75) is 90.4 Å². The molecule has 9 heteroatoms. The van der Waals surface area contributed by atoms with Gasteiger partial charge in [-0.25, -0.2) is 0 Å². The molecular formula is C21H43N5O4. The van der Waals surface area contributed by atoms with Gasteiger partial charge in [0.2, 0.25) is 11.8 Å². The third-order valence-electron chi connectivity index (χ3n) is 5.34. The summed E-state index contributed by atoms with van der Waals surface area (Å²) in [4.78, 5) is 36.6. The maximum absolute atomic E-state index is 12.7. The van der Waals surface area contributed by atoms with E-state index in [0.717, 1.165) is 25.2 Å². The summed E-state index contributed by atoms with van der Waals surface area (Å²) in [7, 11) is 0. The summed E-state index contributed by atoms with van der Waals surface area (Å²) in [6.45, 7) is 8.08. The molecule has 0 radical (unpaired) electrons. The minimum absolute atomic E-state index is 0.0596. The molecule has 0 rings (SSSR count). The number of aliphatic hydroxyl groups is 1. The number of Topliss-reactive ketones (excluding diaryl/α,β-unsaturated/α-hetero) is 1. The average molecular weight is 430 g/mol. The van der Waals surface area contributed by atoms with E-state index in [0.29, 0.717) is 19.5 Å². The number of hydrogen-bond donors (Lipinski definition) is 6. The number of rotatable bonds is 17. The highest BCUT2D eigenvalue weighted by molar-refractivity contribution is 5.93. The summed E-state index contributed by atoms with van der Waals surface area (Å²) >= 11 is 0. The maximum Gasteiger partial charge on any atom is 0.245 e. The van der Waals surface area contributed by atoms with Crippen LogP contribution < -0.4 is 27.4 Å². The molecule has 0 aromatic rings. The van der Waals surface area contributed by atoms with Crippen LogP contribution in [0.3, 0.4) is 0 Å². The van der Waals surface area contributed by atoms with Crippen molar-refractivity contribution < 1.29 is 19.5 Å². The molecule has 0 heterocycles. The van der Waals surface area contributed by atoms with E-state index in [1.165, 1.54) is 26.7 Å². The second-order valence-corrected chi connectivity index (χ2v) is 8.08. The Kier molecular flexibility index (Phi) is 15.3. The fourth-order valence-corrected chi connectivity index (χ4v) is 3.01. The van der Waals surface area contributed by atoms with Gasteiger partial charge < -0.3 is 32.5 Å². The van der Waals surface area contributed by atoms with E-state index < -0.39 is 36.0 Å². The van der Waals surface area contributed by atoms with Crippen molar-refractivity contribution in [1.82, 2.24) is 16.0 Å². The highest BCUT2D eigenvalue weighted by Crippen LogP contribution is 2.11. The minimum Gasteiger partial charge on any atom is -0.391 e. The minimum atomic E-state index is -1.19. The molecule has 0 aliphatic rings. The van der Waals surface area contributed by atoms with Crippen molar-refractivity contribution in [3.8, 4) is 0 Å². The third kappa shape index (κ3) is 11.6. The molecule has 9 nitrogen and oxygen atoms in total. The highest BCUT2D eigenvalue weighted by atomic mass is 16.3. The normalized spacial score (nSPS) is 16.2. The molecule has 0 spiro atoms. The Morgan fingerprint density at radius 3 is 2.10 bits per heavy atom. The van der Waals surface area contributed by atoms with E-state index in [9.17, 15) is 19.5 Å². The second-order valence-electron chi connectivity index (χ2n) is 8.08. The lowest BCUT2D eigenvalue weighted by atomic mass is 10.0. The SMILES string of the molecule is CC[C@H](C)CCCCCN[C@@H](CCN)C(=O)N[C@H](C(=O)N[C@@H](CN)C(C)=O)[C@H](C)O. The first-order chi connectivity index (χ1) is 14.2. The summed E-state index contributed by atoms with van der Waals surface area (Å²) in [6, 6.07) is -2.61. The maximum atomic E-state index is 12.7. The number of ketones is 1. The van der Waals surface area contributed by atoms with E-state index in [1.807, 2.05) is 0 Å². The Morgan fingerprint density at radius 2 is 1.60 bits per heavy atom. The van der Waals surface area contributed by atoms with Crippen LogP contribution in [0.4, 0.5) is 0 Å². The number of aliphatic hydroxyl groups excluding tert-OH is 1. The molecule has 8 N–H and O–H groups in total. The van der Waals surface area contributed by atoms with Gasteiger partial charge in [0.1, 0.15) is 6.04 Å². The molecule has 30 heavy (non-hydrogen) atoms. The summed E-state index contributed by atoms with van der Waals surface area (Å²) in [5.41, 5.74) is 11.1. The topological polar surface area (TPSA) is 160 Å². The Morgan fingerprint density at radius 1 is 0.933 bits per heavy atom. The van der Waals surface area contributed by atoms with Crippen molar-refractivity contribution in [1.29, 1.82) is 0 Å². The van der Waals surface area contributed by atoms with Gasteiger partial charge in [-0.05, 0) is 45.7 Å². The number of unbranched alkanes of at least 4 members (excludes halogenated alkanes) is 2. The summed E-state index contributed by atoms with van der Waals surface area (Å²) in [6.07, 6.45) is 4.85. The van der Waals surface area contributed by atoms with E-state index in [-0.39, 0.29) is 12.3 Å². The summed E-state index contributed by atoms with van der Waals surface area (Å²) in [5.74, 6) is -0.620. The van der Waals surface area contributed by atoms with E-state index in [4.69, 9.17) is 11.5 Å². The van der Waals surface area contributed by atoms with Crippen molar-refractivity contribution in [3.05, 3.63) is 0 Å². The van der Waals surface area contributed by atoms with Gasteiger partial charge >= 0.3 is 0 Å². The van der Waals surface area contributed by atoms with Crippen LogP contribution in [0.25, 0.3) is 0 Å². The van der Waals surface area contributed by atoms with Crippen LogP contribution in [-0.4, -0.2) is 66.6 Å². The third-order valence-corrected chi connectivity index (χ3v) is 5.34. The number of amides is 2. The monoisotopic (exact) mass is 429 g/mol. The van der Waals surface area contributed by atoms with Crippen LogP contribution in [-0.2, 0) is 14.4 Å². The molecule has 0 aliphatic carbocycles. The van der Waals surface area contributed by atoms with Gasteiger partial charge in [-0.3, -0.25) is 14.4 Å². The smallest absolute Gasteiger partial charge is 0.245 e. The van der Waals surface area contributed by atoms with Crippen molar-refractivity contribution >= 4 is 17.6 Å². The fourth-order valence-electron chi connectivity index (χ4n) is 3.01. The van der Waals surface area contributed by atoms with E-state index in [2.05, 4.69) is 29.8 Å². The Bertz CT molecular complexity index is 516. The molecule has 0 bridgehead atoms. The van der Waals surface area contributed by atoms with Gasteiger partial charge in [0.05, 0.1) is 18.2 Å². The molecular weight excluding hydrogens is 386 g/mol. The van der Waals surface area contributed by atoms with Crippen LogP contribution in [0.1, 0.15) is 66.2 Å². The number of carbonyl (C=O) groups excluding carboxylic acids is 3. The molecule has 0 aromatic heterocycles. The van der Waals surface area contributed by atoms with Crippen LogP contribution in [0, 0.1) is 5.92 Å². The first-order valence-electron chi connectivity index (χ1n) is 11.1. The van der Waals surface area contributed by atoms with Gasteiger partial charge in [-0.15, -0.1) is 0 Å². The van der Waals surface area contributed by atoms with Gasteiger partial charge in [0, 0.05) is 6.54 Å². The molecule has 2 amide bonds. The predicted molar refractivity (Wildman–Crippen MR) is 119 cm³/mol. The van der Waals surface area contributed by atoms with E-state index in [1.54, 1.807) is 0 Å². The van der Waals surface area contributed by atoms with Crippen molar-refractivity contribution in [2.24, 2.45) is 17.4 Å².